The molecule has 1 amide bonds. The van der Waals surface area contributed by atoms with Crippen molar-refractivity contribution in [3.63, 3.8) is 0 Å². The first kappa shape index (κ1) is 32.1. The zero-order chi connectivity index (χ0) is 29.6. The molecule has 1 N–H and O–H groups in total. The molecule has 2 saturated heterocycles. The summed E-state index contributed by atoms with van der Waals surface area (Å²) in [5.74, 6) is 0.298. The number of nitrogens with one attached hydrogen (secondary N) is 1. The van der Waals surface area contributed by atoms with Gasteiger partial charge < -0.3 is 14.8 Å². The number of carbonyl (C=O) groups is 1. The van der Waals surface area contributed by atoms with Gasteiger partial charge in [-0.3, -0.25) is 4.79 Å². The molecule has 0 aromatic heterocycles. The van der Waals surface area contributed by atoms with Gasteiger partial charge in [-0.15, -0.1) is 0 Å². The number of carbonyl (C=O) groups excluding carboxylic acids is 1. The predicted octanol–water partition coefficient (Wildman–Crippen LogP) is 8.01. The van der Waals surface area contributed by atoms with Crippen LogP contribution in [0.2, 0.25) is 0 Å². The van der Waals surface area contributed by atoms with Gasteiger partial charge in [0.1, 0.15) is 0 Å². The minimum absolute atomic E-state index is 0. The Morgan fingerprint density at radius 1 is 0.636 bits per heavy atom. The quantitative estimate of drug-likeness (QED) is 0.185. The van der Waals surface area contributed by atoms with E-state index in [4.69, 9.17) is 9.47 Å². The Morgan fingerprint density at radius 2 is 1.00 bits per heavy atom. The maximum atomic E-state index is 10.7. The van der Waals surface area contributed by atoms with Gasteiger partial charge >= 0.3 is 0 Å². The molecule has 4 atom stereocenters. The molecular weight excluding hydrogens is 726 g/mol. The Hall–Kier alpha value is -3.30. The number of hydrogen-bond donors (Lipinski definition) is 1. The summed E-state index contributed by atoms with van der Waals surface area (Å²) in [6.07, 6.45) is 6.78. The molecule has 2 unspecified atom stereocenters. The fourth-order valence-electron chi connectivity index (χ4n) is 6.73. The molecule has 2 aliphatic heterocycles. The maximum Gasteiger partial charge on any atom is 0.227 e. The molecule has 0 spiro atoms. The largest absolute Gasteiger partial charge is 0.349 e. The summed E-state index contributed by atoms with van der Waals surface area (Å²) in [6, 6.07) is 43.5. The predicted molar refractivity (Wildman–Crippen MR) is 172 cm³/mol. The van der Waals surface area contributed by atoms with Crippen molar-refractivity contribution >= 4 is 5.91 Å². The van der Waals surface area contributed by atoms with E-state index >= 15 is 0 Å². The van der Waals surface area contributed by atoms with Crippen LogP contribution in [0.15, 0.2) is 133 Å². The van der Waals surface area contributed by atoms with Crippen molar-refractivity contribution in [2.24, 2.45) is 5.92 Å². The molecule has 4 aromatic carbocycles. The first-order valence-corrected chi connectivity index (χ1v) is 15.5. The molecule has 0 radical (unpaired) electrons. The summed E-state index contributed by atoms with van der Waals surface area (Å²) in [7, 11) is 0. The molecule has 4 aromatic rings. The standard InChI is InChI=1S/C33H34O2.C6H7NO.Pt/c1-33(2)34-31(23-29(25-15-7-3-8-16-25)26-17-9-4-10-18-26)32(35-33)24-30(27-19-11-5-12-20-27)28-21-13-6-14-22-28;8-6-4-1-2-5(3-4)7-6;/h3-22,29-32H,23-24H2,1-2H3;1-2,4-5H,3H2,(H,7,8);/t31-,32-;;/m0../s1. The van der Waals surface area contributed by atoms with E-state index < -0.39 is 5.79 Å². The third kappa shape index (κ3) is 7.85. The molecule has 1 aliphatic carbocycles. The van der Waals surface area contributed by atoms with Gasteiger partial charge in [-0.25, -0.2) is 0 Å². The third-order valence-corrected chi connectivity index (χ3v) is 8.78. The molecule has 230 valence electrons. The molecule has 3 aliphatic rings. The van der Waals surface area contributed by atoms with Gasteiger partial charge in [0.05, 0.1) is 18.1 Å². The van der Waals surface area contributed by atoms with E-state index in [-0.39, 0.29) is 56.9 Å². The maximum absolute atomic E-state index is 10.7. The minimum Gasteiger partial charge on any atom is -0.349 e. The summed E-state index contributed by atoms with van der Waals surface area (Å²) in [5.41, 5.74) is 5.25. The molecule has 2 heterocycles. The number of ether oxygens (including phenoxy) is 2. The Morgan fingerprint density at radius 3 is 1.25 bits per heavy atom. The summed E-state index contributed by atoms with van der Waals surface area (Å²) >= 11 is 0. The molecular formula is C39H41NO3Pt. The molecule has 0 saturated carbocycles. The van der Waals surface area contributed by atoms with Crippen LogP contribution in [0.4, 0.5) is 0 Å². The summed E-state index contributed by atoms with van der Waals surface area (Å²) in [6.45, 7) is 4.08. The average molecular weight is 767 g/mol. The van der Waals surface area contributed by atoms with Gasteiger partial charge in [0.25, 0.3) is 0 Å². The van der Waals surface area contributed by atoms with Crippen LogP contribution in [0.3, 0.4) is 0 Å². The van der Waals surface area contributed by atoms with Gasteiger partial charge in [-0.05, 0) is 55.4 Å². The smallest absolute Gasteiger partial charge is 0.227 e. The normalized spacial score (nSPS) is 22.8. The zero-order valence-corrected chi connectivity index (χ0v) is 27.6. The number of amides is 1. The number of hydrogen-bond acceptors (Lipinski definition) is 3. The Kier molecular flexibility index (Phi) is 10.7. The second-order valence-electron chi connectivity index (χ2n) is 12.3. The van der Waals surface area contributed by atoms with Crippen molar-refractivity contribution in [3.8, 4) is 0 Å². The molecule has 2 fully saturated rings. The topological polar surface area (TPSA) is 47.6 Å². The van der Waals surface area contributed by atoms with Gasteiger partial charge in [0, 0.05) is 38.9 Å². The van der Waals surface area contributed by atoms with Crippen LogP contribution in [0.1, 0.15) is 67.2 Å². The van der Waals surface area contributed by atoms with E-state index in [2.05, 4.69) is 133 Å². The van der Waals surface area contributed by atoms with Gasteiger partial charge in [0.15, 0.2) is 5.79 Å². The minimum atomic E-state index is -0.606. The van der Waals surface area contributed by atoms with Crippen molar-refractivity contribution in [1.29, 1.82) is 0 Å². The van der Waals surface area contributed by atoms with E-state index in [1.54, 1.807) is 0 Å². The van der Waals surface area contributed by atoms with Crippen molar-refractivity contribution in [3.05, 3.63) is 156 Å². The first-order chi connectivity index (χ1) is 20.9. The van der Waals surface area contributed by atoms with E-state index in [1.165, 1.54) is 22.3 Å². The fourth-order valence-corrected chi connectivity index (χ4v) is 6.73. The van der Waals surface area contributed by atoms with Crippen molar-refractivity contribution in [2.75, 3.05) is 0 Å². The van der Waals surface area contributed by atoms with Gasteiger partial charge in [-0.1, -0.05) is 133 Å². The average Bonchev–Trinajstić information content (AvgIpc) is 3.74. The van der Waals surface area contributed by atoms with E-state index in [1.807, 2.05) is 19.9 Å². The van der Waals surface area contributed by atoms with Gasteiger partial charge in [0.2, 0.25) is 5.91 Å². The molecule has 7 rings (SSSR count). The molecule has 44 heavy (non-hydrogen) atoms. The first-order valence-electron chi connectivity index (χ1n) is 15.5. The number of fused-ring (bicyclic) bond motifs is 2. The van der Waals surface area contributed by atoms with Crippen LogP contribution in [0.25, 0.3) is 0 Å². The molecule has 5 heteroatoms. The summed E-state index contributed by atoms with van der Waals surface area (Å²) in [5, 5.41) is 2.83. The van der Waals surface area contributed by atoms with Crippen LogP contribution in [0, 0.1) is 5.92 Å². The van der Waals surface area contributed by atoms with Crippen molar-refractivity contribution in [1.82, 2.24) is 5.32 Å². The Labute approximate surface area is 276 Å². The third-order valence-electron chi connectivity index (χ3n) is 8.78. The molecule has 4 nitrogen and oxygen atoms in total. The van der Waals surface area contributed by atoms with Gasteiger partial charge in [-0.2, -0.15) is 0 Å². The molecule has 2 bridgehead atoms. The second-order valence-corrected chi connectivity index (χ2v) is 12.3. The number of rotatable bonds is 8. The fraction of sp³-hybridized carbons (Fsp3) is 0.308. The zero-order valence-electron chi connectivity index (χ0n) is 25.3. The monoisotopic (exact) mass is 766 g/mol. The van der Waals surface area contributed by atoms with Crippen LogP contribution in [0.5, 0.6) is 0 Å². The SMILES string of the molecule is CC1(C)O[C@@H](CC(c2ccccc2)c2ccccc2)[C@H](CC(c2ccccc2)c2ccccc2)O1.O=C1NC2C=CC1C2.[Pt]. The number of benzene rings is 4. The van der Waals surface area contributed by atoms with E-state index in [0.29, 0.717) is 6.04 Å². The van der Waals surface area contributed by atoms with Crippen LogP contribution in [-0.2, 0) is 35.3 Å². The van der Waals surface area contributed by atoms with Crippen LogP contribution >= 0.6 is 0 Å². The summed E-state index contributed by atoms with van der Waals surface area (Å²) in [4.78, 5) is 10.7. The van der Waals surface area contributed by atoms with Crippen LogP contribution in [-0.4, -0.2) is 29.9 Å². The Bertz CT molecular complexity index is 1320. The van der Waals surface area contributed by atoms with Crippen molar-refractivity contribution in [2.45, 2.75) is 69.0 Å². The van der Waals surface area contributed by atoms with Crippen molar-refractivity contribution < 1.29 is 35.3 Å². The van der Waals surface area contributed by atoms with Crippen LogP contribution < -0.4 is 5.32 Å². The van der Waals surface area contributed by atoms with E-state index in [9.17, 15) is 4.79 Å². The Balaban J connectivity index is 0.000000367. The summed E-state index contributed by atoms with van der Waals surface area (Å²) < 4.78 is 13.2. The second kappa shape index (κ2) is 14.7. The van der Waals surface area contributed by atoms with E-state index in [0.717, 1.165) is 19.3 Å².